The average molecular weight is 215 g/mol. The number of aromatic nitrogens is 3. The lowest BCUT2D eigenvalue weighted by Gasteiger charge is -2.04. The van der Waals surface area contributed by atoms with Crippen molar-refractivity contribution >= 4 is 6.29 Å². The normalized spacial score (nSPS) is 10.4. The Morgan fingerprint density at radius 1 is 1.44 bits per heavy atom. The Labute approximate surface area is 93.9 Å². The first-order chi connectivity index (χ1) is 7.76. The van der Waals surface area contributed by atoms with Crippen LogP contribution in [-0.2, 0) is 6.54 Å². The van der Waals surface area contributed by atoms with Crippen molar-refractivity contribution in [3.05, 3.63) is 35.5 Å². The number of carbonyl (C=O) groups is 1. The van der Waals surface area contributed by atoms with E-state index in [1.165, 1.54) is 0 Å². The lowest BCUT2D eigenvalue weighted by Crippen LogP contribution is -2.00. The molecule has 4 nitrogen and oxygen atoms in total. The van der Waals surface area contributed by atoms with Crippen molar-refractivity contribution in [3.8, 4) is 11.3 Å². The highest BCUT2D eigenvalue weighted by Crippen LogP contribution is 2.22. The molecule has 0 N–H and O–H groups in total. The van der Waals surface area contributed by atoms with Crippen LogP contribution in [0.25, 0.3) is 11.3 Å². The molecule has 0 spiro atoms. The molecule has 0 saturated heterocycles. The molecule has 0 fully saturated rings. The summed E-state index contributed by atoms with van der Waals surface area (Å²) < 4.78 is 1.73. The predicted octanol–water partition coefficient (Wildman–Crippen LogP) is 2.09. The topological polar surface area (TPSA) is 47.8 Å². The Morgan fingerprint density at radius 3 is 2.88 bits per heavy atom. The number of rotatable bonds is 3. The number of hydrogen-bond donors (Lipinski definition) is 0. The summed E-state index contributed by atoms with van der Waals surface area (Å²) in [6.07, 6.45) is 0.747. The summed E-state index contributed by atoms with van der Waals surface area (Å²) in [7, 11) is 0. The standard InChI is InChI=1S/C12H13N3O/c1-3-15-12(11(8-16)13-14-15)10-6-4-5-9(2)7-10/h4-8H,3H2,1-2H3. The molecule has 1 heterocycles. The van der Waals surface area contributed by atoms with E-state index in [9.17, 15) is 4.79 Å². The Balaban J connectivity index is 2.61. The van der Waals surface area contributed by atoms with E-state index in [0.717, 1.165) is 23.1 Å². The summed E-state index contributed by atoms with van der Waals surface area (Å²) in [5.74, 6) is 0. The van der Waals surface area contributed by atoms with E-state index in [2.05, 4.69) is 10.3 Å². The van der Waals surface area contributed by atoms with Gasteiger partial charge >= 0.3 is 0 Å². The Hall–Kier alpha value is -1.97. The average Bonchev–Trinajstić information content (AvgIpc) is 2.71. The first kappa shape index (κ1) is 10.5. The largest absolute Gasteiger partial charge is 0.296 e. The molecule has 0 bridgehead atoms. The zero-order valence-corrected chi connectivity index (χ0v) is 9.34. The van der Waals surface area contributed by atoms with Crippen molar-refractivity contribution < 1.29 is 4.79 Å². The molecular weight excluding hydrogens is 202 g/mol. The number of hydrogen-bond acceptors (Lipinski definition) is 3. The second kappa shape index (κ2) is 4.26. The molecule has 1 aromatic carbocycles. The summed E-state index contributed by atoms with van der Waals surface area (Å²) in [6.45, 7) is 4.69. The molecule has 2 rings (SSSR count). The highest BCUT2D eigenvalue weighted by atomic mass is 16.1. The van der Waals surface area contributed by atoms with Crippen LogP contribution < -0.4 is 0 Å². The van der Waals surface area contributed by atoms with Crippen LogP contribution in [0.3, 0.4) is 0 Å². The highest BCUT2D eigenvalue weighted by molar-refractivity contribution is 5.83. The van der Waals surface area contributed by atoms with Crippen LogP contribution in [0.1, 0.15) is 23.0 Å². The van der Waals surface area contributed by atoms with Gasteiger partial charge in [0.1, 0.15) is 0 Å². The van der Waals surface area contributed by atoms with Crippen LogP contribution in [0.15, 0.2) is 24.3 Å². The lowest BCUT2D eigenvalue weighted by molar-refractivity contribution is 0.111. The van der Waals surface area contributed by atoms with E-state index >= 15 is 0 Å². The van der Waals surface area contributed by atoms with E-state index in [1.807, 2.05) is 38.1 Å². The number of benzene rings is 1. The maximum Gasteiger partial charge on any atom is 0.172 e. The van der Waals surface area contributed by atoms with E-state index in [1.54, 1.807) is 4.68 Å². The third-order valence-corrected chi connectivity index (χ3v) is 2.46. The van der Waals surface area contributed by atoms with Crippen molar-refractivity contribution in [1.29, 1.82) is 0 Å². The van der Waals surface area contributed by atoms with Crippen LogP contribution in [0, 0.1) is 6.92 Å². The van der Waals surface area contributed by atoms with Gasteiger partial charge in [-0.15, -0.1) is 5.10 Å². The summed E-state index contributed by atoms with van der Waals surface area (Å²) >= 11 is 0. The van der Waals surface area contributed by atoms with Gasteiger partial charge in [0.2, 0.25) is 0 Å². The number of aldehydes is 1. The second-order valence-electron chi connectivity index (χ2n) is 3.63. The van der Waals surface area contributed by atoms with Gasteiger partial charge in [-0.25, -0.2) is 4.68 Å². The van der Waals surface area contributed by atoms with Gasteiger partial charge in [0, 0.05) is 12.1 Å². The van der Waals surface area contributed by atoms with E-state index in [0.29, 0.717) is 12.2 Å². The van der Waals surface area contributed by atoms with Gasteiger partial charge in [-0.3, -0.25) is 4.79 Å². The molecule has 0 saturated carbocycles. The van der Waals surface area contributed by atoms with Gasteiger partial charge in [-0.2, -0.15) is 0 Å². The molecule has 82 valence electrons. The zero-order chi connectivity index (χ0) is 11.5. The fourth-order valence-electron chi connectivity index (χ4n) is 1.72. The second-order valence-corrected chi connectivity index (χ2v) is 3.63. The molecule has 0 aliphatic rings. The highest BCUT2D eigenvalue weighted by Gasteiger charge is 2.13. The molecule has 2 aromatic rings. The minimum Gasteiger partial charge on any atom is -0.296 e. The predicted molar refractivity (Wildman–Crippen MR) is 61.3 cm³/mol. The molecule has 0 radical (unpaired) electrons. The van der Waals surface area contributed by atoms with Gasteiger partial charge in [-0.05, 0) is 19.9 Å². The summed E-state index contributed by atoms with van der Waals surface area (Å²) in [5, 5.41) is 7.80. The molecule has 0 atom stereocenters. The number of aryl methyl sites for hydroxylation is 2. The van der Waals surface area contributed by atoms with Crippen molar-refractivity contribution in [2.24, 2.45) is 0 Å². The minimum atomic E-state index is 0.396. The van der Waals surface area contributed by atoms with Crippen LogP contribution in [0.2, 0.25) is 0 Å². The molecule has 0 amide bonds. The van der Waals surface area contributed by atoms with Gasteiger partial charge < -0.3 is 0 Å². The first-order valence-corrected chi connectivity index (χ1v) is 5.22. The van der Waals surface area contributed by atoms with E-state index in [4.69, 9.17) is 0 Å². The summed E-state index contributed by atoms with van der Waals surface area (Å²) in [5.41, 5.74) is 3.32. The van der Waals surface area contributed by atoms with Gasteiger partial charge in [0.05, 0.1) is 5.69 Å². The Kier molecular flexibility index (Phi) is 2.81. The van der Waals surface area contributed by atoms with Crippen molar-refractivity contribution in [3.63, 3.8) is 0 Å². The third-order valence-electron chi connectivity index (χ3n) is 2.46. The molecular formula is C12H13N3O. The smallest absolute Gasteiger partial charge is 0.172 e. The zero-order valence-electron chi connectivity index (χ0n) is 9.34. The number of nitrogens with zero attached hydrogens (tertiary/aromatic N) is 3. The Bertz CT molecular complexity index is 517. The van der Waals surface area contributed by atoms with Crippen LogP contribution in [-0.4, -0.2) is 21.3 Å². The lowest BCUT2D eigenvalue weighted by atomic mass is 10.1. The van der Waals surface area contributed by atoms with Crippen LogP contribution >= 0.6 is 0 Å². The fourth-order valence-corrected chi connectivity index (χ4v) is 1.72. The first-order valence-electron chi connectivity index (χ1n) is 5.22. The molecule has 0 aliphatic carbocycles. The van der Waals surface area contributed by atoms with Crippen molar-refractivity contribution in [1.82, 2.24) is 15.0 Å². The van der Waals surface area contributed by atoms with Gasteiger partial charge in [-0.1, -0.05) is 29.0 Å². The molecule has 16 heavy (non-hydrogen) atoms. The molecule has 0 unspecified atom stereocenters. The van der Waals surface area contributed by atoms with E-state index in [-0.39, 0.29) is 0 Å². The van der Waals surface area contributed by atoms with Crippen molar-refractivity contribution in [2.45, 2.75) is 20.4 Å². The monoisotopic (exact) mass is 215 g/mol. The summed E-state index contributed by atoms with van der Waals surface area (Å²) in [6, 6.07) is 7.97. The quantitative estimate of drug-likeness (QED) is 0.736. The summed E-state index contributed by atoms with van der Waals surface area (Å²) in [4.78, 5) is 10.9. The minimum absolute atomic E-state index is 0.396. The number of carbonyl (C=O) groups excluding carboxylic acids is 1. The third kappa shape index (κ3) is 1.74. The maximum absolute atomic E-state index is 10.9. The Morgan fingerprint density at radius 2 is 2.25 bits per heavy atom. The fraction of sp³-hybridized carbons (Fsp3) is 0.250. The molecule has 0 aliphatic heterocycles. The van der Waals surface area contributed by atoms with Gasteiger partial charge in [0.25, 0.3) is 0 Å². The van der Waals surface area contributed by atoms with Crippen LogP contribution in [0.5, 0.6) is 0 Å². The maximum atomic E-state index is 10.9. The molecule has 4 heteroatoms. The SMILES string of the molecule is CCn1nnc(C=O)c1-c1cccc(C)c1. The van der Waals surface area contributed by atoms with Gasteiger partial charge in [0.15, 0.2) is 12.0 Å². The van der Waals surface area contributed by atoms with E-state index < -0.39 is 0 Å². The van der Waals surface area contributed by atoms with Crippen LogP contribution in [0.4, 0.5) is 0 Å². The van der Waals surface area contributed by atoms with Crippen molar-refractivity contribution in [2.75, 3.05) is 0 Å². The molecule has 1 aromatic heterocycles.